The Labute approximate surface area is 231 Å². The fourth-order valence-corrected chi connectivity index (χ4v) is 5.38. The summed E-state index contributed by atoms with van der Waals surface area (Å²) in [5, 5.41) is 15.1. The highest BCUT2D eigenvalue weighted by Crippen LogP contribution is 2.48. The van der Waals surface area contributed by atoms with Gasteiger partial charge in [-0.05, 0) is 54.5 Å². The standard InChI is InChI=1S/C29H31ClN2O7/c1-15(2)14-39-29(34)26-16(3)31-22-10-18(17-6-9-24(37-4)25(12-17)38-5)11-23(33)28(22)27(26)20-13-19(32(35)36)7-8-21(20)30/h6-9,12-13,15,18,27,31H,10-11,14H2,1-5H3/t18-,27-/m1/s1. The number of ketones is 1. The van der Waals surface area contributed by atoms with Gasteiger partial charge in [-0.2, -0.15) is 0 Å². The summed E-state index contributed by atoms with van der Waals surface area (Å²) in [5.74, 6) is -0.603. The molecular weight excluding hydrogens is 524 g/mol. The first-order valence-electron chi connectivity index (χ1n) is 12.6. The number of carbonyl (C=O) groups is 2. The predicted octanol–water partition coefficient (Wildman–Crippen LogP) is 5.83. The van der Waals surface area contributed by atoms with Crippen molar-refractivity contribution in [2.24, 2.45) is 5.92 Å². The molecule has 2 aliphatic rings. The van der Waals surface area contributed by atoms with Gasteiger partial charge in [0.15, 0.2) is 17.3 Å². The zero-order chi connectivity index (χ0) is 28.4. The molecule has 1 N–H and O–H groups in total. The lowest BCUT2D eigenvalue weighted by Gasteiger charge is -2.37. The van der Waals surface area contributed by atoms with E-state index in [0.29, 0.717) is 40.5 Å². The first kappa shape index (κ1) is 28.2. The van der Waals surface area contributed by atoms with E-state index in [1.165, 1.54) is 18.2 Å². The van der Waals surface area contributed by atoms with Gasteiger partial charge in [-0.3, -0.25) is 14.9 Å². The van der Waals surface area contributed by atoms with Crippen molar-refractivity contribution < 1.29 is 28.7 Å². The van der Waals surface area contributed by atoms with E-state index in [9.17, 15) is 19.7 Å². The Kier molecular flexibility index (Phi) is 8.30. The number of non-ortho nitro benzene ring substituents is 1. The summed E-state index contributed by atoms with van der Waals surface area (Å²) >= 11 is 6.57. The van der Waals surface area contributed by atoms with Gasteiger partial charge in [-0.25, -0.2) is 4.79 Å². The average Bonchev–Trinajstić information content (AvgIpc) is 2.90. The van der Waals surface area contributed by atoms with E-state index in [4.69, 9.17) is 25.8 Å². The molecule has 10 heteroatoms. The molecule has 206 valence electrons. The number of rotatable bonds is 8. The molecule has 0 saturated carbocycles. The Bertz CT molecular complexity index is 1400. The molecule has 0 radical (unpaired) electrons. The molecule has 0 amide bonds. The molecule has 0 spiro atoms. The number of nitrogens with one attached hydrogen (secondary N) is 1. The van der Waals surface area contributed by atoms with Crippen LogP contribution in [0.3, 0.4) is 0 Å². The maximum Gasteiger partial charge on any atom is 0.336 e. The van der Waals surface area contributed by atoms with Crippen LogP contribution in [-0.4, -0.2) is 37.5 Å². The minimum atomic E-state index is -0.910. The van der Waals surface area contributed by atoms with E-state index >= 15 is 0 Å². The van der Waals surface area contributed by atoms with E-state index in [-0.39, 0.29) is 46.9 Å². The van der Waals surface area contributed by atoms with Crippen LogP contribution in [0.15, 0.2) is 58.9 Å². The Morgan fingerprint density at radius 1 is 1.13 bits per heavy atom. The number of carbonyl (C=O) groups excluding carboxylic acids is 2. The summed E-state index contributed by atoms with van der Waals surface area (Å²) in [7, 11) is 3.11. The molecule has 2 aromatic rings. The largest absolute Gasteiger partial charge is 0.493 e. The quantitative estimate of drug-likeness (QED) is 0.246. The van der Waals surface area contributed by atoms with E-state index in [2.05, 4.69) is 5.32 Å². The normalized spacial score (nSPS) is 19.0. The van der Waals surface area contributed by atoms with Gasteiger partial charge in [0.2, 0.25) is 0 Å². The number of nitrogens with zero attached hydrogens (tertiary/aromatic N) is 1. The molecule has 2 aromatic carbocycles. The molecule has 0 bridgehead atoms. The van der Waals surface area contributed by atoms with Gasteiger partial charge in [0.25, 0.3) is 5.69 Å². The van der Waals surface area contributed by atoms with Crippen molar-refractivity contribution in [3.05, 3.63) is 85.2 Å². The summed E-state index contributed by atoms with van der Waals surface area (Å²) in [6.45, 7) is 5.76. The highest BCUT2D eigenvalue weighted by Gasteiger charge is 2.42. The summed E-state index contributed by atoms with van der Waals surface area (Å²) in [4.78, 5) is 38.3. The molecule has 9 nitrogen and oxygen atoms in total. The van der Waals surface area contributed by atoms with Crippen LogP contribution < -0.4 is 14.8 Å². The molecular formula is C29H31ClN2O7. The maximum atomic E-state index is 13.8. The third-order valence-electron chi connectivity index (χ3n) is 6.98. The van der Waals surface area contributed by atoms with Gasteiger partial charge >= 0.3 is 5.97 Å². The number of ether oxygens (including phenoxy) is 3. The van der Waals surface area contributed by atoms with E-state index < -0.39 is 16.8 Å². The third kappa shape index (κ3) is 5.63. The van der Waals surface area contributed by atoms with Crippen LogP contribution in [0.5, 0.6) is 11.5 Å². The van der Waals surface area contributed by atoms with Gasteiger partial charge in [-0.1, -0.05) is 31.5 Å². The second kappa shape index (κ2) is 11.5. The lowest BCUT2D eigenvalue weighted by molar-refractivity contribution is -0.384. The Balaban J connectivity index is 1.82. The number of hydrogen-bond acceptors (Lipinski definition) is 8. The highest BCUT2D eigenvalue weighted by atomic mass is 35.5. The van der Waals surface area contributed by atoms with Crippen molar-refractivity contribution >= 4 is 29.0 Å². The predicted molar refractivity (Wildman–Crippen MR) is 146 cm³/mol. The number of allylic oxidation sites excluding steroid dienone is 3. The lowest BCUT2D eigenvalue weighted by atomic mass is 9.71. The number of nitro groups is 1. The highest BCUT2D eigenvalue weighted by molar-refractivity contribution is 6.31. The van der Waals surface area contributed by atoms with Crippen LogP contribution >= 0.6 is 11.6 Å². The number of esters is 1. The van der Waals surface area contributed by atoms with Crippen molar-refractivity contribution in [3.63, 3.8) is 0 Å². The summed E-state index contributed by atoms with van der Waals surface area (Å²) in [5.41, 5.74) is 2.78. The summed E-state index contributed by atoms with van der Waals surface area (Å²) < 4.78 is 16.4. The molecule has 39 heavy (non-hydrogen) atoms. The molecule has 0 fully saturated rings. The van der Waals surface area contributed by atoms with Gasteiger partial charge in [-0.15, -0.1) is 0 Å². The molecule has 4 rings (SSSR count). The topological polar surface area (TPSA) is 117 Å². The van der Waals surface area contributed by atoms with Crippen LogP contribution in [0.4, 0.5) is 5.69 Å². The van der Waals surface area contributed by atoms with Gasteiger partial charge in [0.1, 0.15) is 0 Å². The zero-order valence-corrected chi connectivity index (χ0v) is 23.3. The number of benzene rings is 2. The molecule has 1 heterocycles. The molecule has 2 atom stereocenters. The van der Waals surface area contributed by atoms with Crippen LogP contribution in [0, 0.1) is 16.0 Å². The third-order valence-corrected chi connectivity index (χ3v) is 7.32. The second-order valence-corrected chi connectivity index (χ2v) is 10.5. The van der Waals surface area contributed by atoms with E-state index in [0.717, 1.165) is 5.56 Å². The van der Waals surface area contributed by atoms with Gasteiger partial charge < -0.3 is 19.5 Å². The molecule has 0 unspecified atom stereocenters. The van der Waals surface area contributed by atoms with Crippen LogP contribution in [0.25, 0.3) is 0 Å². The minimum Gasteiger partial charge on any atom is -0.493 e. The molecule has 1 aliphatic carbocycles. The first-order valence-corrected chi connectivity index (χ1v) is 13.0. The minimum absolute atomic E-state index is 0.0968. The van der Waals surface area contributed by atoms with Crippen LogP contribution in [0.1, 0.15) is 56.6 Å². The zero-order valence-electron chi connectivity index (χ0n) is 22.5. The molecule has 0 saturated heterocycles. The Morgan fingerprint density at radius 2 is 1.85 bits per heavy atom. The van der Waals surface area contributed by atoms with E-state index in [1.807, 2.05) is 26.0 Å². The smallest absolute Gasteiger partial charge is 0.336 e. The van der Waals surface area contributed by atoms with Crippen molar-refractivity contribution in [1.82, 2.24) is 5.32 Å². The Morgan fingerprint density at radius 3 is 2.49 bits per heavy atom. The number of Topliss-reactive ketones (excluding diaryl/α,β-unsaturated/α-hetero) is 1. The molecule has 0 aromatic heterocycles. The van der Waals surface area contributed by atoms with Crippen LogP contribution in [0.2, 0.25) is 5.02 Å². The number of dihydropyridines is 1. The lowest BCUT2D eigenvalue weighted by Crippen LogP contribution is -2.36. The monoisotopic (exact) mass is 554 g/mol. The average molecular weight is 555 g/mol. The Hall–Kier alpha value is -3.85. The van der Waals surface area contributed by atoms with Gasteiger partial charge in [0, 0.05) is 46.5 Å². The van der Waals surface area contributed by atoms with Crippen molar-refractivity contribution in [3.8, 4) is 11.5 Å². The fourth-order valence-electron chi connectivity index (χ4n) is 5.15. The molecule has 1 aliphatic heterocycles. The van der Waals surface area contributed by atoms with E-state index in [1.54, 1.807) is 27.2 Å². The summed E-state index contributed by atoms with van der Waals surface area (Å²) in [6, 6.07) is 9.61. The number of halogens is 1. The van der Waals surface area contributed by atoms with Crippen LogP contribution in [-0.2, 0) is 14.3 Å². The summed E-state index contributed by atoms with van der Waals surface area (Å²) in [6.07, 6.45) is 0.650. The SMILES string of the molecule is COc1ccc([C@H]2CC(=O)C3=C(C2)NC(C)=C(C(=O)OCC(C)C)[C@H]3c2cc([N+](=O)[O-])ccc2Cl)cc1OC. The van der Waals surface area contributed by atoms with Crippen molar-refractivity contribution in [1.29, 1.82) is 0 Å². The maximum absolute atomic E-state index is 13.8. The first-order chi connectivity index (χ1) is 18.5. The van der Waals surface area contributed by atoms with Gasteiger partial charge in [0.05, 0.1) is 31.3 Å². The van der Waals surface area contributed by atoms with Crippen molar-refractivity contribution in [2.75, 3.05) is 20.8 Å². The second-order valence-electron chi connectivity index (χ2n) is 10.1. The fraction of sp³-hybridized carbons (Fsp3) is 0.379. The van der Waals surface area contributed by atoms with Crippen molar-refractivity contribution in [2.45, 2.75) is 45.4 Å². The number of methoxy groups -OCH3 is 2. The number of nitro benzene ring substituents is 1. The number of hydrogen-bond donors (Lipinski definition) is 1.